The van der Waals surface area contributed by atoms with Crippen LogP contribution in [0.3, 0.4) is 0 Å². The molecule has 0 radical (unpaired) electrons. The summed E-state index contributed by atoms with van der Waals surface area (Å²) < 4.78 is 0.763. The maximum atomic E-state index is 12.7. The van der Waals surface area contributed by atoms with Crippen LogP contribution in [0.15, 0.2) is 40.1 Å². The minimum absolute atomic E-state index is 0.0616. The first kappa shape index (κ1) is 17.4. The lowest BCUT2D eigenvalue weighted by molar-refractivity contribution is -0.138. The van der Waals surface area contributed by atoms with Crippen molar-refractivity contribution >= 4 is 40.9 Å². The van der Waals surface area contributed by atoms with Gasteiger partial charge in [0.15, 0.2) is 4.34 Å². The van der Waals surface area contributed by atoms with Crippen LogP contribution in [0.25, 0.3) is 0 Å². The highest BCUT2D eigenvalue weighted by molar-refractivity contribution is 8.01. The molecule has 1 fully saturated rings. The average Bonchev–Trinajstić information content (AvgIpc) is 3.11. The first-order chi connectivity index (χ1) is 11.9. The zero-order chi connectivity index (χ0) is 18.0. The first-order valence-corrected chi connectivity index (χ1v) is 9.33. The Labute approximate surface area is 152 Å². The van der Waals surface area contributed by atoms with Crippen LogP contribution < -0.4 is 10.7 Å². The molecule has 4 amide bonds. The minimum Gasteiger partial charge on any atom is -0.318 e. The van der Waals surface area contributed by atoms with Crippen molar-refractivity contribution in [3.8, 4) is 0 Å². The fourth-order valence-corrected chi connectivity index (χ4v) is 4.03. The Hall–Kier alpha value is -2.39. The second-order valence-electron chi connectivity index (χ2n) is 5.64. The highest BCUT2D eigenvalue weighted by Gasteiger charge is 2.49. The second-order valence-corrected chi connectivity index (χ2v) is 7.72. The van der Waals surface area contributed by atoms with Gasteiger partial charge in [-0.15, -0.1) is 11.3 Å². The van der Waals surface area contributed by atoms with E-state index < -0.39 is 23.4 Å². The van der Waals surface area contributed by atoms with E-state index >= 15 is 0 Å². The lowest BCUT2D eigenvalue weighted by Crippen LogP contribution is -2.48. The van der Waals surface area contributed by atoms with E-state index in [0.717, 1.165) is 15.0 Å². The molecule has 0 unspecified atom stereocenters. The number of hydrazine groups is 1. The Balaban J connectivity index is 1.65. The summed E-state index contributed by atoms with van der Waals surface area (Å²) in [4.78, 5) is 41.1. The van der Waals surface area contributed by atoms with E-state index in [1.807, 2.05) is 18.4 Å². The van der Waals surface area contributed by atoms with Gasteiger partial charge in [-0.1, -0.05) is 42.1 Å². The number of hydrogen-bond donors (Lipinski definition) is 2. The van der Waals surface area contributed by atoms with Crippen LogP contribution >= 0.6 is 23.1 Å². The van der Waals surface area contributed by atoms with Crippen molar-refractivity contribution in [2.45, 2.75) is 23.7 Å². The molecule has 0 bridgehead atoms. The highest BCUT2D eigenvalue weighted by atomic mass is 32.2. The van der Waals surface area contributed by atoms with E-state index in [1.54, 1.807) is 31.2 Å². The van der Waals surface area contributed by atoms with Crippen LogP contribution in [-0.4, -0.2) is 33.6 Å². The van der Waals surface area contributed by atoms with Gasteiger partial charge in [0.05, 0.1) is 5.75 Å². The molecule has 0 aliphatic carbocycles. The number of aromatic nitrogens is 1. The largest absolute Gasteiger partial charge is 0.344 e. The number of amides is 4. The topological polar surface area (TPSA) is 91.4 Å². The van der Waals surface area contributed by atoms with Gasteiger partial charge < -0.3 is 5.32 Å². The fraction of sp³-hybridized carbons (Fsp3) is 0.250. The minimum atomic E-state index is -1.20. The van der Waals surface area contributed by atoms with Crippen LogP contribution in [-0.2, 0) is 15.1 Å². The number of thiazole rings is 1. The van der Waals surface area contributed by atoms with Crippen molar-refractivity contribution < 1.29 is 14.4 Å². The summed E-state index contributed by atoms with van der Waals surface area (Å²) in [6.07, 6.45) is 0. The molecule has 1 aliphatic heterocycles. The van der Waals surface area contributed by atoms with Crippen LogP contribution in [0, 0.1) is 6.92 Å². The second kappa shape index (κ2) is 6.85. The zero-order valence-electron chi connectivity index (χ0n) is 13.6. The molecule has 2 aromatic rings. The molecule has 1 aromatic heterocycles. The van der Waals surface area contributed by atoms with Crippen LogP contribution in [0.4, 0.5) is 4.79 Å². The SMILES string of the molecule is Cc1csc(SCC(=O)NN2C(=O)N[C@@](C)(c3ccccc3)C2=O)n1. The van der Waals surface area contributed by atoms with Gasteiger partial charge in [0, 0.05) is 11.1 Å². The third-order valence-electron chi connectivity index (χ3n) is 3.70. The van der Waals surface area contributed by atoms with Crippen molar-refractivity contribution in [3.63, 3.8) is 0 Å². The van der Waals surface area contributed by atoms with Gasteiger partial charge in [0.1, 0.15) is 5.54 Å². The van der Waals surface area contributed by atoms with Gasteiger partial charge in [-0.25, -0.2) is 9.78 Å². The molecule has 0 spiro atoms. The van der Waals surface area contributed by atoms with E-state index in [-0.39, 0.29) is 5.75 Å². The molecule has 130 valence electrons. The number of imide groups is 1. The first-order valence-electron chi connectivity index (χ1n) is 7.47. The predicted molar refractivity (Wildman–Crippen MR) is 94.9 cm³/mol. The van der Waals surface area contributed by atoms with Gasteiger partial charge in [0.25, 0.3) is 5.91 Å². The molecular weight excluding hydrogens is 360 g/mol. The number of aryl methyl sites for hydroxylation is 1. The summed E-state index contributed by atoms with van der Waals surface area (Å²) in [5, 5.41) is 5.27. The number of thioether (sulfide) groups is 1. The van der Waals surface area contributed by atoms with E-state index in [9.17, 15) is 14.4 Å². The molecular formula is C16H16N4O3S2. The van der Waals surface area contributed by atoms with Gasteiger partial charge in [-0.2, -0.15) is 5.01 Å². The molecule has 2 heterocycles. The molecule has 25 heavy (non-hydrogen) atoms. The number of carbonyl (C=O) groups excluding carboxylic acids is 3. The fourth-order valence-electron chi connectivity index (χ4n) is 2.39. The Morgan fingerprint density at radius 2 is 2.08 bits per heavy atom. The Morgan fingerprint density at radius 1 is 1.36 bits per heavy atom. The molecule has 9 heteroatoms. The summed E-state index contributed by atoms with van der Waals surface area (Å²) in [5.74, 6) is -0.905. The molecule has 3 rings (SSSR count). The maximum Gasteiger partial charge on any atom is 0.344 e. The quantitative estimate of drug-likeness (QED) is 0.616. The molecule has 1 aromatic carbocycles. The van der Waals surface area contributed by atoms with Crippen molar-refractivity contribution in [2.24, 2.45) is 0 Å². The summed E-state index contributed by atoms with van der Waals surface area (Å²) in [6.45, 7) is 3.49. The molecule has 2 N–H and O–H groups in total. The van der Waals surface area contributed by atoms with E-state index in [0.29, 0.717) is 5.56 Å². The van der Waals surface area contributed by atoms with Gasteiger partial charge in [-0.05, 0) is 19.4 Å². The third-order valence-corrected chi connectivity index (χ3v) is 5.84. The highest BCUT2D eigenvalue weighted by Crippen LogP contribution is 2.28. The molecule has 1 atom stereocenters. The van der Waals surface area contributed by atoms with Gasteiger partial charge >= 0.3 is 6.03 Å². The summed E-state index contributed by atoms with van der Waals surface area (Å²) in [5.41, 5.74) is 2.71. The van der Waals surface area contributed by atoms with E-state index in [1.165, 1.54) is 23.1 Å². The van der Waals surface area contributed by atoms with E-state index in [4.69, 9.17) is 0 Å². The van der Waals surface area contributed by atoms with Crippen LogP contribution in [0.5, 0.6) is 0 Å². The number of rotatable bonds is 5. The average molecular weight is 376 g/mol. The summed E-state index contributed by atoms with van der Waals surface area (Å²) in [6, 6.07) is 8.25. The van der Waals surface area contributed by atoms with E-state index in [2.05, 4.69) is 15.7 Å². The van der Waals surface area contributed by atoms with Crippen molar-refractivity contribution in [1.82, 2.24) is 20.7 Å². The molecule has 1 saturated heterocycles. The normalized spacial score (nSPS) is 19.8. The standard InChI is InChI=1S/C16H16N4O3S2/c1-10-8-24-15(17-10)25-9-12(21)19-20-13(22)16(2,18-14(20)23)11-6-4-3-5-7-11/h3-8H,9H2,1-2H3,(H,18,23)(H,19,21)/t16-/m0/s1. The number of hydrogen-bond acceptors (Lipinski definition) is 6. The number of nitrogens with one attached hydrogen (secondary N) is 2. The maximum absolute atomic E-state index is 12.7. The molecule has 0 saturated carbocycles. The Kier molecular flexibility index (Phi) is 4.78. The number of carbonyl (C=O) groups is 3. The van der Waals surface area contributed by atoms with Gasteiger partial charge in [-0.3, -0.25) is 15.0 Å². The molecule has 1 aliphatic rings. The summed E-state index contributed by atoms with van der Waals surface area (Å²) >= 11 is 2.70. The number of nitrogens with zero attached hydrogens (tertiary/aromatic N) is 2. The number of urea groups is 1. The Morgan fingerprint density at radius 3 is 2.72 bits per heavy atom. The monoisotopic (exact) mass is 376 g/mol. The summed E-state index contributed by atoms with van der Waals surface area (Å²) in [7, 11) is 0. The van der Waals surface area contributed by atoms with Crippen molar-refractivity contribution in [3.05, 3.63) is 47.0 Å². The predicted octanol–water partition coefficient (Wildman–Crippen LogP) is 2.04. The smallest absolute Gasteiger partial charge is 0.318 e. The van der Waals surface area contributed by atoms with Crippen LogP contribution in [0.1, 0.15) is 18.2 Å². The van der Waals surface area contributed by atoms with Crippen LogP contribution in [0.2, 0.25) is 0 Å². The van der Waals surface area contributed by atoms with Crippen molar-refractivity contribution in [1.29, 1.82) is 0 Å². The van der Waals surface area contributed by atoms with Crippen molar-refractivity contribution in [2.75, 3.05) is 5.75 Å². The number of benzene rings is 1. The zero-order valence-corrected chi connectivity index (χ0v) is 15.2. The van der Waals surface area contributed by atoms with Gasteiger partial charge in [0.2, 0.25) is 5.91 Å². The molecule has 7 nitrogen and oxygen atoms in total. The third kappa shape index (κ3) is 3.52. The lowest BCUT2D eigenvalue weighted by Gasteiger charge is -2.22. The Bertz CT molecular complexity index is 824. The lowest BCUT2D eigenvalue weighted by atomic mass is 9.92.